The fraction of sp³-hybridized carbons (Fsp3) is 0.0952. The van der Waals surface area contributed by atoms with E-state index in [0.717, 1.165) is 39.7 Å². The molecular formula is C21H19N3O2. The zero-order chi connectivity index (χ0) is 18.1. The van der Waals surface area contributed by atoms with Crippen molar-refractivity contribution in [1.29, 1.82) is 0 Å². The van der Waals surface area contributed by atoms with Crippen molar-refractivity contribution in [2.45, 2.75) is 6.92 Å². The summed E-state index contributed by atoms with van der Waals surface area (Å²) in [5.74, 6) is 1.77. The van der Waals surface area contributed by atoms with Crippen LogP contribution in [0.3, 0.4) is 0 Å². The maximum atomic E-state index is 9.88. The lowest BCUT2D eigenvalue weighted by Crippen LogP contribution is -1.99. The molecule has 0 aliphatic heterocycles. The summed E-state index contributed by atoms with van der Waals surface area (Å²) in [6, 6.07) is 18.9. The van der Waals surface area contributed by atoms with Crippen molar-refractivity contribution in [3.05, 3.63) is 72.4 Å². The fourth-order valence-electron chi connectivity index (χ4n) is 3.00. The Kier molecular flexibility index (Phi) is 3.97. The predicted octanol–water partition coefficient (Wildman–Crippen LogP) is 4.77. The number of para-hydroxylation sites is 2. The van der Waals surface area contributed by atoms with Crippen LogP contribution in [0, 0.1) is 6.92 Å². The minimum absolute atomic E-state index is 0.207. The molecule has 0 aliphatic rings. The number of phenolic OH excluding ortho intramolecular Hbond substituents is 1. The second kappa shape index (κ2) is 6.44. The number of aromatic nitrogens is 2. The quantitative estimate of drug-likeness (QED) is 0.559. The monoisotopic (exact) mass is 345 g/mol. The molecule has 2 heterocycles. The molecule has 2 aromatic carbocycles. The van der Waals surface area contributed by atoms with Crippen molar-refractivity contribution in [2.24, 2.45) is 0 Å². The molecule has 130 valence electrons. The van der Waals surface area contributed by atoms with Gasteiger partial charge in [0.05, 0.1) is 12.8 Å². The number of rotatable bonds is 4. The third-order valence-corrected chi connectivity index (χ3v) is 4.26. The van der Waals surface area contributed by atoms with Gasteiger partial charge in [-0.3, -0.25) is 4.40 Å². The summed E-state index contributed by atoms with van der Waals surface area (Å²) in [4.78, 5) is 4.79. The Morgan fingerprint density at radius 2 is 1.88 bits per heavy atom. The molecule has 0 bridgehead atoms. The molecule has 0 amide bonds. The zero-order valence-corrected chi connectivity index (χ0v) is 14.6. The predicted molar refractivity (Wildman–Crippen MR) is 103 cm³/mol. The highest BCUT2D eigenvalue weighted by molar-refractivity contribution is 5.81. The van der Waals surface area contributed by atoms with E-state index in [1.807, 2.05) is 66.1 Å². The molecule has 4 aromatic rings. The molecule has 4 rings (SSSR count). The number of imidazole rings is 1. The van der Waals surface area contributed by atoms with Crippen LogP contribution in [0.25, 0.3) is 16.9 Å². The highest BCUT2D eigenvalue weighted by Crippen LogP contribution is 2.35. The summed E-state index contributed by atoms with van der Waals surface area (Å²) >= 11 is 0. The van der Waals surface area contributed by atoms with Crippen molar-refractivity contribution in [2.75, 3.05) is 12.4 Å². The number of methoxy groups -OCH3 is 1. The number of pyridine rings is 1. The summed E-state index contributed by atoms with van der Waals surface area (Å²) in [6.07, 6.45) is 1.99. The summed E-state index contributed by atoms with van der Waals surface area (Å²) in [7, 11) is 1.65. The minimum Gasteiger partial charge on any atom is -0.508 e. The smallest absolute Gasteiger partial charge is 0.143 e. The third-order valence-electron chi connectivity index (χ3n) is 4.26. The highest BCUT2D eigenvalue weighted by Gasteiger charge is 2.16. The second-order valence-corrected chi connectivity index (χ2v) is 6.12. The van der Waals surface area contributed by atoms with E-state index in [-0.39, 0.29) is 5.75 Å². The third kappa shape index (κ3) is 2.84. The van der Waals surface area contributed by atoms with Gasteiger partial charge in [0.2, 0.25) is 0 Å². The first-order chi connectivity index (χ1) is 12.7. The van der Waals surface area contributed by atoms with Gasteiger partial charge in [-0.25, -0.2) is 4.98 Å². The van der Waals surface area contributed by atoms with Gasteiger partial charge in [0.25, 0.3) is 0 Å². The molecule has 5 heteroatoms. The molecule has 5 nitrogen and oxygen atoms in total. The Bertz CT molecular complexity index is 1090. The number of nitrogens with one attached hydrogen (secondary N) is 1. The van der Waals surface area contributed by atoms with Gasteiger partial charge < -0.3 is 15.2 Å². The first kappa shape index (κ1) is 16.0. The van der Waals surface area contributed by atoms with Gasteiger partial charge in [-0.2, -0.15) is 0 Å². The number of aromatic hydroxyl groups is 1. The van der Waals surface area contributed by atoms with E-state index in [4.69, 9.17) is 9.72 Å². The normalized spacial score (nSPS) is 10.8. The van der Waals surface area contributed by atoms with Crippen LogP contribution in [-0.4, -0.2) is 21.6 Å². The number of fused-ring (bicyclic) bond motifs is 1. The van der Waals surface area contributed by atoms with E-state index < -0.39 is 0 Å². The molecule has 26 heavy (non-hydrogen) atoms. The van der Waals surface area contributed by atoms with E-state index in [0.29, 0.717) is 0 Å². The lowest BCUT2D eigenvalue weighted by Gasteiger charge is -2.12. The molecule has 0 unspecified atom stereocenters. The van der Waals surface area contributed by atoms with Gasteiger partial charge in [0, 0.05) is 11.8 Å². The van der Waals surface area contributed by atoms with Crippen molar-refractivity contribution >= 4 is 17.2 Å². The van der Waals surface area contributed by atoms with Crippen LogP contribution < -0.4 is 10.1 Å². The number of nitrogens with zero attached hydrogens (tertiary/aromatic N) is 2. The average molecular weight is 345 g/mol. The second-order valence-electron chi connectivity index (χ2n) is 6.12. The Balaban J connectivity index is 1.92. The Labute approximate surface area is 151 Å². The first-order valence-electron chi connectivity index (χ1n) is 8.34. The molecule has 2 aromatic heterocycles. The number of aryl methyl sites for hydroxylation is 1. The SMILES string of the molecule is COc1ccccc1Nc1c(-c2cccc(O)c2)nc2cc(C)ccn12. The molecule has 0 aliphatic carbocycles. The first-order valence-corrected chi connectivity index (χ1v) is 8.34. The lowest BCUT2D eigenvalue weighted by molar-refractivity contribution is 0.417. The van der Waals surface area contributed by atoms with Crippen LogP contribution in [-0.2, 0) is 0 Å². The summed E-state index contributed by atoms with van der Waals surface area (Å²) in [5.41, 5.74) is 4.41. The van der Waals surface area contributed by atoms with Crippen LogP contribution in [0.4, 0.5) is 11.5 Å². The average Bonchev–Trinajstić information content (AvgIpc) is 2.99. The number of anilines is 2. The van der Waals surface area contributed by atoms with Gasteiger partial charge in [-0.1, -0.05) is 24.3 Å². The van der Waals surface area contributed by atoms with E-state index in [2.05, 4.69) is 5.32 Å². The van der Waals surface area contributed by atoms with E-state index in [1.54, 1.807) is 19.2 Å². The van der Waals surface area contributed by atoms with Crippen LogP contribution in [0.1, 0.15) is 5.56 Å². The standard InChI is InChI=1S/C21H19N3O2/c1-14-10-11-24-19(12-14)23-20(15-6-5-7-16(25)13-15)21(24)22-17-8-3-4-9-18(17)26-2/h3-13,22,25H,1-2H3. The van der Waals surface area contributed by atoms with Crippen molar-refractivity contribution in [1.82, 2.24) is 9.38 Å². The van der Waals surface area contributed by atoms with E-state index in [9.17, 15) is 5.11 Å². The lowest BCUT2D eigenvalue weighted by atomic mass is 10.1. The molecule has 0 fully saturated rings. The molecule has 0 spiro atoms. The van der Waals surface area contributed by atoms with Crippen molar-refractivity contribution in [3.63, 3.8) is 0 Å². The fourth-order valence-corrected chi connectivity index (χ4v) is 3.00. The van der Waals surface area contributed by atoms with Crippen LogP contribution >= 0.6 is 0 Å². The molecular weight excluding hydrogens is 326 g/mol. The number of phenols is 1. The topological polar surface area (TPSA) is 58.8 Å². The molecule has 0 saturated carbocycles. The minimum atomic E-state index is 0.207. The van der Waals surface area contributed by atoms with Gasteiger partial charge >= 0.3 is 0 Å². The molecule has 0 saturated heterocycles. The highest BCUT2D eigenvalue weighted by atomic mass is 16.5. The number of benzene rings is 2. The molecule has 0 atom stereocenters. The van der Waals surface area contributed by atoms with Crippen LogP contribution in [0.15, 0.2) is 66.9 Å². The Morgan fingerprint density at radius 1 is 1.04 bits per heavy atom. The molecule has 0 radical (unpaired) electrons. The van der Waals surface area contributed by atoms with Crippen molar-refractivity contribution in [3.8, 4) is 22.8 Å². The number of hydrogen-bond donors (Lipinski definition) is 2. The summed E-state index contributed by atoms with van der Waals surface area (Å²) in [6.45, 7) is 2.04. The molecule has 2 N–H and O–H groups in total. The van der Waals surface area contributed by atoms with Gasteiger partial charge in [0.15, 0.2) is 0 Å². The number of ether oxygens (including phenoxy) is 1. The van der Waals surface area contributed by atoms with Gasteiger partial charge in [-0.15, -0.1) is 0 Å². The van der Waals surface area contributed by atoms with Gasteiger partial charge in [-0.05, 0) is 48.9 Å². The van der Waals surface area contributed by atoms with E-state index in [1.165, 1.54) is 0 Å². The summed E-state index contributed by atoms with van der Waals surface area (Å²) in [5, 5.41) is 13.3. The largest absolute Gasteiger partial charge is 0.508 e. The maximum Gasteiger partial charge on any atom is 0.143 e. The zero-order valence-electron chi connectivity index (χ0n) is 14.6. The summed E-state index contributed by atoms with van der Waals surface area (Å²) < 4.78 is 7.46. The van der Waals surface area contributed by atoms with Gasteiger partial charge in [0.1, 0.15) is 28.7 Å². The number of hydrogen-bond acceptors (Lipinski definition) is 4. The van der Waals surface area contributed by atoms with Crippen molar-refractivity contribution < 1.29 is 9.84 Å². The van der Waals surface area contributed by atoms with E-state index >= 15 is 0 Å². The Hall–Kier alpha value is -3.47. The van der Waals surface area contributed by atoms with Crippen LogP contribution in [0.2, 0.25) is 0 Å². The van der Waals surface area contributed by atoms with Crippen LogP contribution in [0.5, 0.6) is 11.5 Å². The maximum absolute atomic E-state index is 9.88. The Morgan fingerprint density at radius 3 is 2.69 bits per heavy atom.